The van der Waals surface area contributed by atoms with Crippen molar-refractivity contribution in [3.63, 3.8) is 0 Å². The van der Waals surface area contributed by atoms with E-state index in [9.17, 15) is 19.3 Å². The lowest BCUT2D eigenvalue weighted by atomic mass is 10.0. The van der Waals surface area contributed by atoms with Crippen LogP contribution in [0.15, 0.2) is 48.5 Å². The second-order valence-corrected chi connectivity index (χ2v) is 7.83. The van der Waals surface area contributed by atoms with Crippen LogP contribution in [0, 0.1) is 15.9 Å². The Hall–Kier alpha value is -3.00. The number of nitro benzene ring substituents is 1. The molecule has 2 aliphatic rings. The summed E-state index contributed by atoms with van der Waals surface area (Å²) in [6.45, 7) is 4.52. The fourth-order valence-corrected chi connectivity index (χ4v) is 4.38. The summed E-state index contributed by atoms with van der Waals surface area (Å²) < 4.78 is 14.1. The highest BCUT2D eigenvalue weighted by Crippen LogP contribution is 2.24. The molecule has 0 saturated carbocycles. The van der Waals surface area contributed by atoms with Crippen LogP contribution < -0.4 is 4.90 Å². The number of amides is 1. The summed E-state index contributed by atoms with van der Waals surface area (Å²) in [5, 5.41) is 10.8. The zero-order valence-electron chi connectivity index (χ0n) is 16.7. The number of carbonyl (C=O) groups excluding carboxylic acids is 1. The third kappa shape index (κ3) is 4.28. The fourth-order valence-electron chi connectivity index (χ4n) is 4.38. The van der Waals surface area contributed by atoms with Gasteiger partial charge in [0.25, 0.3) is 11.6 Å². The number of anilines is 1. The molecule has 0 unspecified atom stereocenters. The molecule has 30 heavy (non-hydrogen) atoms. The molecule has 158 valence electrons. The first-order chi connectivity index (χ1) is 14.5. The Morgan fingerprint density at radius 3 is 2.37 bits per heavy atom. The number of hydrogen-bond donors (Lipinski definition) is 0. The fraction of sp³-hybridized carbons (Fsp3) is 0.409. The number of likely N-dealkylation sites (tertiary alicyclic amines) is 1. The van der Waals surface area contributed by atoms with Gasteiger partial charge < -0.3 is 9.80 Å². The van der Waals surface area contributed by atoms with Crippen LogP contribution in [-0.4, -0.2) is 65.9 Å². The first-order valence-electron chi connectivity index (χ1n) is 10.3. The van der Waals surface area contributed by atoms with Crippen molar-refractivity contribution >= 4 is 17.3 Å². The molecule has 2 aromatic carbocycles. The number of non-ortho nitro benzene ring substituents is 1. The molecule has 7 nitrogen and oxygen atoms in total. The molecule has 8 heteroatoms. The van der Waals surface area contributed by atoms with Crippen LogP contribution in [0.25, 0.3) is 0 Å². The van der Waals surface area contributed by atoms with Gasteiger partial charge in [0.2, 0.25) is 0 Å². The van der Waals surface area contributed by atoms with E-state index in [1.54, 1.807) is 6.07 Å². The summed E-state index contributed by atoms with van der Waals surface area (Å²) in [7, 11) is 0. The molecule has 2 fully saturated rings. The third-order valence-corrected chi connectivity index (χ3v) is 6.03. The molecule has 1 atom stereocenters. The number of para-hydroxylation sites is 1. The first kappa shape index (κ1) is 20.3. The van der Waals surface area contributed by atoms with Crippen molar-refractivity contribution in [3.8, 4) is 0 Å². The maximum absolute atomic E-state index is 14.1. The summed E-state index contributed by atoms with van der Waals surface area (Å²) in [4.78, 5) is 29.5. The second kappa shape index (κ2) is 8.79. The smallest absolute Gasteiger partial charge is 0.269 e. The van der Waals surface area contributed by atoms with Gasteiger partial charge in [0.05, 0.1) is 10.6 Å². The highest BCUT2D eigenvalue weighted by Gasteiger charge is 2.31. The number of hydrogen-bond acceptors (Lipinski definition) is 5. The van der Waals surface area contributed by atoms with E-state index in [2.05, 4.69) is 9.80 Å². The number of benzene rings is 2. The molecule has 4 rings (SSSR count). The van der Waals surface area contributed by atoms with E-state index in [1.807, 2.05) is 17.0 Å². The monoisotopic (exact) mass is 412 g/mol. The summed E-state index contributed by atoms with van der Waals surface area (Å²) >= 11 is 0. The van der Waals surface area contributed by atoms with Gasteiger partial charge in [-0.1, -0.05) is 12.1 Å². The molecule has 0 aromatic heterocycles. The number of halogens is 1. The average molecular weight is 412 g/mol. The Labute approximate surface area is 174 Å². The SMILES string of the molecule is O=C(c1ccc([N+](=O)[O-])cc1)N1CCC[C@H](N2CCN(c3ccccc3F)CC2)C1. The molecule has 0 N–H and O–H groups in total. The Morgan fingerprint density at radius 1 is 1.00 bits per heavy atom. The van der Waals surface area contributed by atoms with Gasteiger partial charge in [0.15, 0.2) is 0 Å². The van der Waals surface area contributed by atoms with Gasteiger partial charge in [0, 0.05) is 63.0 Å². The van der Waals surface area contributed by atoms with E-state index in [1.165, 1.54) is 30.3 Å². The molecule has 2 saturated heterocycles. The van der Waals surface area contributed by atoms with E-state index in [4.69, 9.17) is 0 Å². The maximum atomic E-state index is 14.1. The van der Waals surface area contributed by atoms with Crippen LogP contribution >= 0.6 is 0 Å². The topological polar surface area (TPSA) is 69.9 Å². The molecule has 2 heterocycles. The summed E-state index contributed by atoms with van der Waals surface area (Å²) in [5.41, 5.74) is 1.11. The summed E-state index contributed by atoms with van der Waals surface area (Å²) in [6, 6.07) is 12.9. The summed E-state index contributed by atoms with van der Waals surface area (Å²) in [5.74, 6) is -0.275. The predicted octanol–water partition coefficient (Wildman–Crippen LogP) is 3.16. The molecule has 2 aromatic rings. The van der Waals surface area contributed by atoms with Crippen molar-refractivity contribution in [2.75, 3.05) is 44.2 Å². The van der Waals surface area contributed by atoms with Crippen molar-refractivity contribution in [2.45, 2.75) is 18.9 Å². The number of carbonyl (C=O) groups is 1. The Kier molecular flexibility index (Phi) is 5.94. The van der Waals surface area contributed by atoms with Crippen LogP contribution in [0.3, 0.4) is 0 Å². The minimum atomic E-state index is -0.466. The van der Waals surface area contributed by atoms with Crippen LogP contribution in [-0.2, 0) is 0 Å². The lowest BCUT2D eigenvalue weighted by Crippen LogP contribution is -2.56. The van der Waals surface area contributed by atoms with Crippen molar-refractivity contribution in [1.82, 2.24) is 9.80 Å². The van der Waals surface area contributed by atoms with Gasteiger partial charge in [0.1, 0.15) is 5.82 Å². The van der Waals surface area contributed by atoms with Gasteiger partial charge in [-0.2, -0.15) is 0 Å². The highest BCUT2D eigenvalue weighted by atomic mass is 19.1. The normalized spacial score (nSPS) is 20.2. The number of nitro groups is 1. The zero-order chi connectivity index (χ0) is 21.1. The second-order valence-electron chi connectivity index (χ2n) is 7.83. The average Bonchev–Trinajstić information content (AvgIpc) is 2.79. The molecular formula is C22H25FN4O3. The Balaban J connectivity index is 1.36. The quantitative estimate of drug-likeness (QED) is 0.570. The first-order valence-corrected chi connectivity index (χ1v) is 10.3. The standard InChI is InChI=1S/C22H25FN4O3/c23-20-5-1-2-6-21(20)25-14-12-24(13-15-25)19-4-3-11-26(16-19)22(28)17-7-9-18(10-8-17)27(29)30/h1-2,5-10,19H,3-4,11-16H2/t19-/m0/s1. The van der Waals surface area contributed by atoms with Gasteiger partial charge in [-0.05, 0) is 37.1 Å². The van der Waals surface area contributed by atoms with Crippen LogP contribution in [0.4, 0.5) is 15.8 Å². The van der Waals surface area contributed by atoms with Crippen LogP contribution in [0.5, 0.6) is 0 Å². The van der Waals surface area contributed by atoms with E-state index in [0.29, 0.717) is 24.3 Å². The molecule has 0 bridgehead atoms. The predicted molar refractivity (Wildman–Crippen MR) is 112 cm³/mol. The van der Waals surface area contributed by atoms with E-state index < -0.39 is 4.92 Å². The lowest BCUT2D eigenvalue weighted by molar-refractivity contribution is -0.384. The van der Waals surface area contributed by atoms with Gasteiger partial charge >= 0.3 is 0 Å². The van der Waals surface area contributed by atoms with Crippen molar-refractivity contribution < 1.29 is 14.1 Å². The molecule has 0 spiro atoms. The molecule has 0 radical (unpaired) electrons. The van der Waals surface area contributed by atoms with E-state index in [-0.39, 0.29) is 23.5 Å². The van der Waals surface area contributed by atoms with Crippen LogP contribution in [0.1, 0.15) is 23.2 Å². The lowest BCUT2D eigenvalue weighted by Gasteiger charge is -2.44. The number of piperidine rings is 1. The van der Waals surface area contributed by atoms with E-state index >= 15 is 0 Å². The number of rotatable bonds is 4. The number of piperazine rings is 1. The van der Waals surface area contributed by atoms with Crippen molar-refractivity contribution in [1.29, 1.82) is 0 Å². The summed E-state index contributed by atoms with van der Waals surface area (Å²) in [6.07, 6.45) is 1.96. The Morgan fingerprint density at radius 2 is 1.70 bits per heavy atom. The molecule has 0 aliphatic carbocycles. The van der Waals surface area contributed by atoms with Crippen LogP contribution in [0.2, 0.25) is 0 Å². The number of nitrogens with zero attached hydrogens (tertiary/aromatic N) is 4. The van der Waals surface area contributed by atoms with Gasteiger partial charge in [-0.25, -0.2) is 4.39 Å². The molecule has 1 amide bonds. The Bertz CT molecular complexity index is 913. The molecular weight excluding hydrogens is 387 g/mol. The zero-order valence-corrected chi connectivity index (χ0v) is 16.7. The van der Waals surface area contributed by atoms with Gasteiger partial charge in [-0.3, -0.25) is 19.8 Å². The minimum Gasteiger partial charge on any atom is -0.367 e. The third-order valence-electron chi connectivity index (χ3n) is 6.03. The maximum Gasteiger partial charge on any atom is 0.269 e. The van der Waals surface area contributed by atoms with Crippen molar-refractivity contribution in [3.05, 3.63) is 70.0 Å². The van der Waals surface area contributed by atoms with Crippen molar-refractivity contribution in [2.24, 2.45) is 0 Å². The van der Waals surface area contributed by atoms with Gasteiger partial charge in [-0.15, -0.1) is 0 Å². The molecule has 2 aliphatic heterocycles. The van der Waals surface area contributed by atoms with E-state index in [0.717, 1.165) is 39.0 Å². The highest BCUT2D eigenvalue weighted by molar-refractivity contribution is 5.94. The minimum absolute atomic E-state index is 0.0178. The largest absolute Gasteiger partial charge is 0.367 e.